The van der Waals surface area contributed by atoms with Gasteiger partial charge in [-0.05, 0) is 25.5 Å². The van der Waals surface area contributed by atoms with Crippen LogP contribution in [0.3, 0.4) is 0 Å². The SMILES string of the molecule is CCC(C)NC(=O)CN1CCN(C(=O)c2cncn2-c2ccccc2)CC1. The molecule has 7 heteroatoms. The summed E-state index contributed by atoms with van der Waals surface area (Å²) < 4.78 is 1.81. The van der Waals surface area contributed by atoms with E-state index < -0.39 is 0 Å². The van der Waals surface area contributed by atoms with E-state index >= 15 is 0 Å². The van der Waals surface area contributed by atoms with Gasteiger partial charge in [0, 0.05) is 37.9 Å². The zero-order valence-electron chi connectivity index (χ0n) is 16.0. The smallest absolute Gasteiger partial charge is 0.272 e. The number of amides is 2. The van der Waals surface area contributed by atoms with Gasteiger partial charge in [-0.1, -0.05) is 25.1 Å². The second kappa shape index (κ2) is 8.81. The quantitative estimate of drug-likeness (QED) is 0.839. The number of nitrogens with one attached hydrogen (secondary N) is 1. The first-order chi connectivity index (χ1) is 13.1. The van der Waals surface area contributed by atoms with Crippen molar-refractivity contribution in [1.82, 2.24) is 24.7 Å². The average Bonchev–Trinajstić information content (AvgIpc) is 3.18. The number of carbonyl (C=O) groups is 2. The summed E-state index contributed by atoms with van der Waals surface area (Å²) in [4.78, 5) is 33.1. The number of carbonyl (C=O) groups excluding carboxylic acids is 2. The van der Waals surface area contributed by atoms with Gasteiger partial charge in [-0.15, -0.1) is 0 Å². The molecule has 7 nitrogen and oxygen atoms in total. The van der Waals surface area contributed by atoms with Crippen LogP contribution in [0.1, 0.15) is 30.8 Å². The van der Waals surface area contributed by atoms with Crippen molar-refractivity contribution in [2.45, 2.75) is 26.3 Å². The molecule has 1 fully saturated rings. The second-order valence-corrected chi connectivity index (χ2v) is 6.93. The highest BCUT2D eigenvalue weighted by molar-refractivity contribution is 5.93. The Bertz CT molecular complexity index is 766. The van der Waals surface area contributed by atoms with Gasteiger partial charge in [-0.3, -0.25) is 19.1 Å². The third-order valence-corrected chi connectivity index (χ3v) is 4.94. The van der Waals surface area contributed by atoms with Crippen LogP contribution < -0.4 is 5.32 Å². The summed E-state index contributed by atoms with van der Waals surface area (Å²) in [5.41, 5.74) is 1.47. The maximum atomic E-state index is 12.9. The lowest BCUT2D eigenvalue weighted by atomic mass is 10.2. The first-order valence-corrected chi connectivity index (χ1v) is 9.47. The fourth-order valence-electron chi connectivity index (χ4n) is 3.14. The topological polar surface area (TPSA) is 70.5 Å². The summed E-state index contributed by atoms with van der Waals surface area (Å²) in [6.45, 7) is 7.04. The summed E-state index contributed by atoms with van der Waals surface area (Å²) >= 11 is 0. The molecule has 1 saturated heterocycles. The van der Waals surface area contributed by atoms with Gasteiger partial charge in [0.15, 0.2) is 0 Å². The minimum Gasteiger partial charge on any atom is -0.353 e. The molecule has 144 valence electrons. The van der Waals surface area contributed by atoms with E-state index in [0.29, 0.717) is 38.4 Å². The molecule has 0 aliphatic carbocycles. The lowest BCUT2D eigenvalue weighted by Crippen LogP contribution is -2.51. The molecule has 1 N–H and O–H groups in total. The monoisotopic (exact) mass is 369 g/mol. The van der Waals surface area contributed by atoms with E-state index in [0.717, 1.165) is 12.1 Å². The molecule has 0 radical (unpaired) electrons. The molecule has 2 amide bonds. The lowest BCUT2D eigenvalue weighted by Gasteiger charge is -2.34. The maximum absolute atomic E-state index is 12.9. The highest BCUT2D eigenvalue weighted by Crippen LogP contribution is 2.14. The van der Waals surface area contributed by atoms with Crippen LogP contribution in [-0.4, -0.2) is 69.9 Å². The van der Waals surface area contributed by atoms with Crippen molar-refractivity contribution in [3.63, 3.8) is 0 Å². The van der Waals surface area contributed by atoms with Crippen molar-refractivity contribution in [3.05, 3.63) is 48.5 Å². The Balaban J connectivity index is 1.57. The third kappa shape index (κ3) is 4.74. The summed E-state index contributed by atoms with van der Waals surface area (Å²) in [6, 6.07) is 9.91. The number of nitrogens with zero attached hydrogens (tertiary/aromatic N) is 4. The minimum absolute atomic E-state index is 0.0277. The largest absolute Gasteiger partial charge is 0.353 e. The number of rotatable bonds is 6. The van der Waals surface area contributed by atoms with Crippen molar-refractivity contribution in [2.75, 3.05) is 32.7 Å². The summed E-state index contributed by atoms with van der Waals surface area (Å²) in [5, 5.41) is 2.99. The average molecular weight is 369 g/mol. The van der Waals surface area contributed by atoms with Gasteiger partial charge in [-0.2, -0.15) is 0 Å². The minimum atomic E-state index is -0.0277. The lowest BCUT2D eigenvalue weighted by molar-refractivity contribution is -0.123. The molecular formula is C20H27N5O2. The molecule has 1 atom stereocenters. The van der Waals surface area contributed by atoms with E-state index in [-0.39, 0.29) is 17.9 Å². The molecule has 1 unspecified atom stereocenters. The Labute approximate surface area is 160 Å². The number of imidazole rings is 1. The van der Waals surface area contributed by atoms with Crippen molar-refractivity contribution < 1.29 is 9.59 Å². The molecule has 0 spiro atoms. The van der Waals surface area contributed by atoms with Gasteiger partial charge in [0.2, 0.25) is 5.91 Å². The molecule has 0 saturated carbocycles. The Kier molecular flexibility index (Phi) is 6.24. The van der Waals surface area contributed by atoms with Gasteiger partial charge < -0.3 is 10.2 Å². The molecule has 1 aromatic heterocycles. The van der Waals surface area contributed by atoms with E-state index in [4.69, 9.17) is 0 Å². The fourth-order valence-corrected chi connectivity index (χ4v) is 3.14. The fraction of sp³-hybridized carbons (Fsp3) is 0.450. The normalized spacial score (nSPS) is 16.1. The molecule has 2 aromatic rings. The predicted octanol–water partition coefficient (Wildman–Crippen LogP) is 1.54. The number of aromatic nitrogens is 2. The highest BCUT2D eigenvalue weighted by atomic mass is 16.2. The number of para-hydroxylation sites is 1. The van der Waals surface area contributed by atoms with Gasteiger partial charge >= 0.3 is 0 Å². The van der Waals surface area contributed by atoms with Crippen LogP contribution in [0.5, 0.6) is 0 Å². The van der Waals surface area contributed by atoms with Crippen LogP contribution in [0.4, 0.5) is 0 Å². The Morgan fingerprint density at radius 1 is 1.15 bits per heavy atom. The van der Waals surface area contributed by atoms with Gasteiger partial charge in [0.25, 0.3) is 5.91 Å². The van der Waals surface area contributed by atoms with E-state index in [1.54, 1.807) is 12.5 Å². The van der Waals surface area contributed by atoms with Crippen LogP contribution >= 0.6 is 0 Å². The Morgan fingerprint density at radius 3 is 2.52 bits per heavy atom. The van der Waals surface area contributed by atoms with Crippen LogP contribution in [0.2, 0.25) is 0 Å². The van der Waals surface area contributed by atoms with Crippen molar-refractivity contribution >= 4 is 11.8 Å². The van der Waals surface area contributed by atoms with E-state index in [9.17, 15) is 9.59 Å². The summed E-state index contributed by atoms with van der Waals surface area (Å²) in [6.07, 6.45) is 4.20. The van der Waals surface area contributed by atoms with Crippen LogP contribution in [0.25, 0.3) is 5.69 Å². The highest BCUT2D eigenvalue weighted by Gasteiger charge is 2.25. The van der Waals surface area contributed by atoms with Crippen molar-refractivity contribution in [3.8, 4) is 5.69 Å². The van der Waals surface area contributed by atoms with Gasteiger partial charge in [-0.25, -0.2) is 4.98 Å². The van der Waals surface area contributed by atoms with Crippen LogP contribution in [-0.2, 0) is 4.79 Å². The van der Waals surface area contributed by atoms with Crippen molar-refractivity contribution in [1.29, 1.82) is 0 Å². The number of piperazine rings is 1. The van der Waals surface area contributed by atoms with Crippen molar-refractivity contribution in [2.24, 2.45) is 0 Å². The third-order valence-electron chi connectivity index (χ3n) is 4.94. The van der Waals surface area contributed by atoms with E-state index in [1.807, 2.05) is 46.7 Å². The molecule has 1 aliphatic heterocycles. The van der Waals surface area contributed by atoms with Gasteiger partial charge in [0.1, 0.15) is 5.69 Å². The number of benzene rings is 1. The first kappa shape index (κ1) is 19.1. The second-order valence-electron chi connectivity index (χ2n) is 6.93. The van der Waals surface area contributed by atoms with Crippen LogP contribution in [0, 0.1) is 0 Å². The molecule has 1 aromatic carbocycles. The molecule has 27 heavy (non-hydrogen) atoms. The van der Waals surface area contributed by atoms with E-state index in [2.05, 4.69) is 22.1 Å². The molecular weight excluding hydrogens is 342 g/mol. The molecule has 1 aliphatic rings. The van der Waals surface area contributed by atoms with Gasteiger partial charge in [0.05, 0.1) is 19.1 Å². The Hall–Kier alpha value is -2.67. The zero-order chi connectivity index (χ0) is 19.2. The molecule has 2 heterocycles. The standard InChI is InChI=1S/C20H27N5O2/c1-3-16(2)22-19(26)14-23-9-11-24(12-10-23)20(27)18-13-21-15-25(18)17-7-5-4-6-8-17/h4-8,13,15-16H,3,9-12,14H2,1-2H3,(H,22,26). The molecule has 3 rings (SSSR count). The number of hydrogen-bond acceptors (Lipinski definition) is 4. The summed E-state index contributed by atoms with van der Waals surface area (Å²) in [5.74, 6) is 0.0198. The van der Waals surface area contributed by atoms with E-state index in [1.165, 1.54) is 0 Å². The number of hydrogen-bond donors (Lipinski definition) is 1. The first-order valence-electron chi connectivity index (χ1n) is 9.47. The zero-order valence-corrected chi connectivity index (χ0v) is 16.0. The predicted molar refractivity (Wildman–Crippen MR) is 104 cm³/mol. The molecule has 0 bridgehead atoms. The summed E-state index contributed by atoms with van der Waals surface area (Å²) in [7, 11) is 0. The maximum Gasteiger partial charge on any atom is 0.272 e. The van der Waals surface area contributed by atoms with Crippen LogP contribution in [0.15, 0.2) is 42.9 Å². The Morgan fingerprint density at radius 2 is 1.85 bits per heavy atom.